The molecule has 0 aliphatic rings. The van der Waals surface area contributed by atoms with E-state index in [4.69, 9.17) is 0 Å². The minimum absolute atomic E-state index is 0.114. The summed E-state index contributed by atoms with van der Waals surface area (Å²) in [6, 6.07) is 27.6. The quantitative estimate of drug-likeness (QED) is 0.367. The van der Waals surface area contributed by atoms with Crippen molar-refractivity contribution < 1.29 is 4.92 Å². The summed E-state index contributed by atoms with van der Waals surface area (Å²) in [5.74, 6) is 0. The Morgan fingerprint density at radius 1 is 0.840 bits per heavy atom. The van der Waals surface area contributed by atoms with Crippen LogP contribution in [0.1, 0.15) is 12.5 Å². The van der Waals surface area contributed by atoms with Crippen LogP contribution in [0.5, 0.6) is 0 Å². The number of rotatable bonds is 5. The van der Waals surface area contributed by atoms with E-state index >= 15 is 0 Å². The van der Waals surface area contributed by atoms with E-state index in [0.717, 1.165) is 5.56 Å². The second-order valence-corrected chi connectivity index (χ2v) is 8.05. The first-order valence-electron chi connectivity index (χ1n) is 7.98. The molecule has 0 spiro atoms. The van der Waals surface area contributed by atoms with Crippen LogP contribution in [-0.2, 0) is 0 Å². The van der Waals surface area contributed by atoms with E-state index in [1.807, 2.05) is 12.1 Å². The van der Waals surface area contributed by atoms with E-state index in [2.05, 4.69) is 61.5 Å². The largest absolute Gasteiger partial charge is 0.269 e. The molecule has 0 amide bonds. The molecule has 124 valence electrons. The first-order chi connectivity index (χ1) is 12.1. The Morgan fingerprint density at radius 3 is 1.76 bits per heavy atom. The minimum Gasteiger partial charge on any atom is -0.258 e. The third-order valence-electron chi connectivity index (χ3n) is 3.86. The van der Waals surface area contributed by atoms with Crippen molar-refractivity contribution in [2.75, 3.05) is 0 Å². The maximum atomic E-state index is 10.8. The van der Waals surface area contributed by atoms with Crippen LogP contribution in [0.25, 0.3) is 6.08 Å². The van der Waals surface area contributed by atoms with Gasteiger partial charge in [0.2, 0.25) is 0 Å². The lowest BCUT2D eigenvalue weighted by Gasteiger charge is -2.19. The van der Waals surface area contributed by atoms with Crippen molar-refractivity contribution in [3.8, 4) is 0 Å². The van der Waals surface area contributed by atoms with Gasteiger partial charge >= 0.3 is 0 Å². The molecule has 0 fully saturated rings. The average Bonchev–Trinajstić information content (AvgIpc) is 2.64. The zero-order chi connectivity index (χ0) is 17.6. The van der Waals surface area contributed by atoms with Gasteiger partial charge in [0.1, 0.15) is 0 Å². The molecule has 4 heteroatoms. The molecule has 3 aromatic rings. The highest BCUT2D eigenvalue weighted by Crippen LogP contribution is 2.43. The first kappa shape index (κ1) is 17.1. The maximum Gasteiger partial charge on any atom is 0.269 e. The summed E-state index contributed by atoms with van der Waals surface area (Å²) < 4.78 is 0. The van der Waals surface area contributed by atoms with Crippen molar-refractivity contribution in [3.63, 3.8) is 0 Å². The lowest BCUT2D eigenvalue weighted by molar-refractivity contribution is -0.384. The Morgan fingerprint density at radius 2 is 1.32 bits per heavy atom. The fraction of sp³-hybridized carbons (Fsp3) is 0.0476. The van der Waals surface area contributed by atoms with Crippen LogP contribution in [-0.4, -0.2) is 4.92 Å². The molecule has 0 aromatic heterocycles. The summed E-state index contributed by atoms with van der Waals surface area (Å²) in [6.45, 7) is 2.13. The average molecular weight is 347 g/mol. The number of benzene rings is 3. The van der Waals surface area contributed by atoms with E-state index in [0.29, 0.717) is 0 Å². The van der Waals surface area contributed by atoms with Crippen LogP contribution in [0.3, 0.4) is 0 Å². The number of nitro groups is 1. The van der Waals surface area contributed by atoms with E-state index < -0.39 is 7.92 Å². The standard InChI is InChI=1S/C21H18NO2P/c1-17(16-18-12-14-19(15-13-18)22(23)24)25(20-8-4-2-5-9-20)21-10-6-3-7-11-21/h2-16H,1H3/b17-16+. The van der Waals surface area contributed by atoms with Crippen LogP contribution in [0.2, 0.25) is 0 Å². The lowest BCUT2D eigenvalue weighted by atomic mass is 10.2. The third kappa shape index (κ3) is 4.20. The molecule has 0 radical (unpaired) electrons. The summed E-state index contributed by atoms with van der Waals surface area (Å²) in [6.07, 6.45) is 2.12. The molecule has 25 heavy (non-hydrogen) atoms. The van der Waals surface area contributed by atoms with Gasteiger partial charge in [-0.2, -0.15) is 0 Å². The highest BCUT2D eigenvalue weighted by molar-refractivity contribution is 7.76. The minimum atomic E-state index is -0.629. The van der Waals surface area contributed by atoms with Gasteiger partial charge in [0, 0.05) is 12.1 Å². The number of hydrogen-bond donors (Lipinski definition) is 0. The van der Waals surface area contributed by atoms with Gasteiger partial charge in [-0.25, -0.2) is 0 Å². The summed E-state index contributed by atoms with van der Waals surface area (Å²) in [5, 5.41) is 14.6. The van der Waals surface area contributed by atoms with E-state index in [-0.39, 0.29) is 10.6 Å². The first-order valence-corrected chi connectivity index (χ1v) is 9.32. The predicted molar refractivity (Wildman–Crippen MR) is 106 cm³/mol. The molecule has 0 aliphatic carbocycles. The topological polar surface area (TPSA) is 43.1 Å². The van der Waals surface area contributed by atoms with Gasteiger partial charge in [0.25, 0.3) is 5.69 Å². The molecule has 0 N–H and O–H groups in total. The van der Waals surface area contributed by atoms with Crippen molar-refractivity contribution in [3.05, 3.63) is 106 Å². The molecule has 0 saturated carbocycles. The van der Waals surface area contributed by atoms with Crippen LogP contribution in [0.4, 0.5) is 5.69 Å². The summed E-state index contributed by atoms with van der Waals surface area (Å²) in [7, 11) is -0.629. The van der Waals surface area contributed by atoms with Crippen molar-refractivity contribution in [1.82, 2.24) is 0 Å². The highest BCUT2D eigenvalue weighted by Gasteiger charge is 2.15. The van der Waals surface area contributed by atoms with Crippen molar-refractivity contribution in [1.29, 1.82) is 0 Å². The Bertz CT molecular complexity index is 835. The molecule has 3 nitrogen and oxygen atoms in total. The van der Waals surface area contributed by atoms with Crippen molar-refractivity contribution >= 4 is 30.3 Å². The Balaban J connectivity index is 1.99. The Hall–Kier alpha value is -2.77. The monoisotopic (exact) mass is 347 g/mol. The van der Waals surface area contributed by atoms with Crippen molar-refractivity contribution in [2.45, 2.75) is 6.92 Å². The Kier molecular flexibility index (Phi) is 5.37. The van der Waals surface area contributed by atoms with E-state index in [1.165, 1.54) is 15.9 Å². The summed E-state index contributed by atoms with van der Waals surface area (Å²) in [5.41, 5.74) is 1.09. The molecular weight excluding hydrogens is 329 g/mol. The van der Waals surface area contributed by atoms with Gasteiger partial charge in [0.15, 0.2) is 0 Å². The van der Waals surface area contributed by atoms with Gasteiger partial charge in [-0.15, -0.1) is 0 Å². The molecule has 3 rings (SSSR count). The molecule has 0 heterocycles. The fourth-order valence-electron chi connectivity index (χ4n) is 2.71. The number of allylic oxidation sites excluding steroid dienone is 1. The van der Waals surface area contributed by atoms with E-state index in [1.54, 1.807) is 24.3 Å². The van der Waals surface area contributed by atoms with Gasteiger partial charge in [-0.05, 0) is 48.5 Å². The molecule has 0 aliphatic heterocycles. The summed E-state index contributed by atoms with van der Waals surface area (Å²) >= 11 is 0. The van der Waals surface area contributed by atoms with Gasteiger partial charge in [0.05, 0.1) is 4.92 Å². The van der Waals surface area contributed by atoms with Gasteiger partial charge < -0.3 is 0 Å². The highest BCUT2D eigenvalue weighted by atomic mass is 31.1. The molecular formula is C21H18NO2P. The second kappa shape index (κ2) is 7.87. The maximum absolute atomic E-state index is 10.8. The zero-order valence-electron chi connectivity index (χ0n) is 13.9. The Labute approximate surface area is 148 Å². The predicted octanol–water partition coefficient (Wildman–Crippen LogP) is 5.09. The molecule has 0 atom stereocenters. The molecule has 3 aromatic carbocycles. The van der Waals surface area contributed by atoms with Gasteiger partial charge in [-0.1, -0.05) is 66.7 Å². The number of hydrogen-bond acceptors (Lipinski definition) is 2. The zero-order valence-corrected chi connectivity index (χ0v) is 14.8. The molecule has 0 unspecified atom stereocenters. The second-order valence-electron chi connectivity index (χ2n) is 5.64. The van der Waals surface area contributed by atoms with E-state index in [9.17, 15) is 10.1 Å². The summed E-state index contributed by atoms with van der Waals surface area (Å²) in [4.78, 5) is 10.4. The number of non-ortho nitro benzene ring substituents is 1. The smallest absolute Gasteiger partial charge is 0.258 e. The van der Waals surface area contributed by atoms with Crippen LogP contribution < -0.4 is 10.6 Å². The normalized spacial score (nSPS) is 11.5. The number of nitro benzene ring substituents is 1. The van der Waals surface area contributed by atoms with Crippen LogP contribution in [0.15, 0.2) is 90.2 Å². The molecule has 0 saturated heterocycles. The molecule has 0 bridgehead atoms. The fourth-order valence-corrected chi connectivity index (χ4v) is 5.04. The third-order valence-corrected chi connectivity index (χ3v) is 6.32. The van der Waals surface area contributed by atoms with Crippen LogP contribution in [0, 0.1) is 10.1 Å². The number of nitrogens with zero attached hydrogens (tertiary/aromatic N) is 1. The van der Waals surface area contributed by atoms with Crippen molar-refractivity contribution in [2.24, 2.45) is 0 Å². The lowest BCUT2D eigenvalue weighted by Crippen LogP contribution is -2.11. The SMILES string of the molecule is C/C(=C\c1ccc([N+](=O)[O-])cc1)P(c1ccccc1)c1ccccc1. The van der Waals surface area contributed by atoms with Gasteiger partial charge in [-0.3, -0.25) is 10.1 Å². The van der Waals surface area contributed by atoms with Crippen LogP contribution >= 0.6 is 7.92 Å².